The van der Waals surface area contributed by atoms with Gasteiger partial charge in [0.1, 0.15) is 0 Å². The number of para-hydroxylation sites is 3. The minimum absolute atomic E-state index is 1.000. The van der Waals surface area contributed by atoms with Crippen molar-refractivity contribution >= 4 is 28.0 Å². The van der Waals surface area contributed by atoms with Crippen molar-refractivity contribution in [1.82, 2.24) is 9.55 Å². The van der Waals surface area contributed by atoms with Crippen molar-refractivity contribution in [2.45, 2.75) is 0 Å². The zero-order valence-corrected chi connectivity index (χ0v) is 35.0. The molecular weight excluding hydrogens is 775 g/mol. The Balaban J connectivity index is 1.09. The lowest BCUT2D eigenvalue weighted by molar-refractivity contribution is 1.11. The average Bonchev–Trinajstić information content (AvgIpc) is 3.66. The summed E-state index contributed by atoms with van der Waals surface area (Å²) >= 11 is 0. The van der Waals surface area contributed by atoms with E-state index in [9.17, 15) is 0 Å². The summed E-state index contributed by atoms with van der Waals surface area (Å²) in [6.07, 6.45) is 4.02. The van der Waals surface area contributed by atoms with Gasteiger partial charge in [-0.25, -0.2) is 0 Å². The highest BCUT2D eigenvalue weighted by molar-refractivity contribution is 6.13. The zero-order valence-electron chi connectivity index (χ0n) is 35.0. The van der Waals surface area contributed by atoms with E-state index in [4.69, 9.17) is 4.98 Å². The molecule has 0 saturated carbocycles. The smallest absolute Gasteiger partial charge is 0.0651 e. The van der Waals surface area contributed by atoms with Gasteiger partial charge in [0.05, 0.1) is 34.5 Å². The Labute approximate surface area is 373 Å². The van der Waals surface area contributed by atoms with E-state index >= 15 is 0 Å². The highest BCUT2D eigenvalue weighted by Crippen LogP contribution is 2.55. The summed E-state index contributed by atoms with van der Waals surface area (Å²) in [6.45, 7) is 0. The van der Waals surface area contributed by atoms with Crippen molar-refractivity contribution in [2.75, 3.05) is 4.90 Å². The molecule has 0 fully saturated rings. The second kappa shape index (κ2) is 15.7. The number of hydrogen-bond donors (Lipinski definition) is 0. The molecule has 0 amide bonds. The van der Waals surface area contributed by atoms with Crippen LogP contribution in [0.2, 0.25) is 0 Å². The number of pyridine rings is 1. The molecule has 0 bridgehead atoms. The van der Waals surface area contributed by atoms with Gasteiger partial charge < -0.3 is 9.47 Å². The maximum atomic E-state index is 5.01. The highest BCUT2D eigenvalue weighted by atomic mass is 15.2. The molecule has 0 radical (unpaired) electrons. The Morgan fingerprint density at radius 3 is 1.25 bits per heavy atom. The maximum Gasteiger partial charge on any atom is 0.0651 e. The molecule has 300 valence electrons. The minimum Gasteiger partial charge on any atom is -0.309 e. The summed E-state index contributed by atoms with van der Waals surface area (Å²) in [4.78, 5) is 7.48. The SMILES string of the molecule is c1ccc(-c2cc(-c3ccccc3)cc(-c3cncc(-n4c5c(c6ccccc64)-c4ccccc4N(c4cc(-c6ccccc6)cc(-c6ccccc6)c4)c4ccccc4-5)c3)c2)cc1. The summed E-state index contributed by atoms with van der Waals surface area (Å²) in [5.74, 6) is 0. The summed E-state index contributed by atoms with van der Waals surface area (Å²) in [5.41, 5.74) is 21.6. The molecule has 3 heterocycles. The number of benzene rings is 9. The van der Waals surface area contributed by atoms with Crippen LogP contribution in [0.3, 0.4) is 0 Å². The van der Waals surface area contributed by atoms with E-state index < -0.39 is 0 Å². The molecule has 2 aromatic heterocycles. The second-order valence-corrected chi connectivity index (χ2v) is 16.4. The van der Waals surface area contributed by atoms with E-state index in [-0.39, 0.29) is 0 Å². The van der Waals surface area contributed by atoms with Crippen molar-refractivity contribution < 1.29 is 0 Å². The van der Waals surface area contributed by atoms with Crippen LogP contribution >= 0.6 is 0 Å². The van der Waals surface area contributed by atoms with Crippen LogP contribution in [-0.4, -0.2) is 9.55 Å². The van der Waals surface area contributed by atoms with Crippen LogP contribution in [0.25, 0.3) is 94.6 Å². The van der Waals surface area contributed by atoms with Crippen LogP contribution in [0.1, 0.15) is 0 Å². The van der Waals surface area contributed by atoms with Gasteiger partial charge in [0, 0.05) is 39.5 Å². The first kappa shape index (κ1) is 37.2. The molecule has 1 aliphatic heterocycles. The average molecular weight is 816 g/mol. The van der Waals surface area contributed by atoms with Gasteiger partial charge in [0.15, 0.2) is 0 Å². The van der Waals surface area contributed by atoms with Gasteiger partial charge in [-0.1, -0.05) is 176 Å². The standard InChI is InChI=1S/C61H41N3/c1-5-19-42(20-6-1)46-33-47(43-21-7-2-8-22-43)35-48(34-46)51-39-53(41-62-40-51)64-58-31-17-14-28-55(58)60-54-27-13-16-30-57(54)63(59-32-18-15-29-56(59)61(60)64)52-37-49(44-23-9-3-10-24-44)36-50(38-52)45-25-11-4-12-26-45/h1-41H. The Morgan fingerprint density at radius 2 is 0.703 bits per heavy atom. The lowest BCUT2D eigenvalue weighted by Crippen LogP contribution is -2.11. The molecule has 64 heavy (non-hydrogen) atoms. The fourth-order valence-corrected chi connectivity index (χ4v) is 9.62. The largest absolute Gasteiger partial charge is 0.309 e. The lowest BCUT2D eigenvalue weighted by atomic mass is 9.94. The number of aromatic nitrogens is 2. The summed E-state index contributed by atoms with van der Waals surface area (Å²) < 4.78 is 2.44. The van der Waals surface area contributed by atoms with Gasteiger partial charge >= 0.3 is 0 Å². The number of nitrogens with zero attached hydrogens (tertiary/aromatic N) is 3. The van der Waals surface area contributed by atoms with Crippen molar-refractivity contribution in [1.29, 1.82) is 0 Å². The Bertz CT molecular complexity index is 3370. The molecule has 0 N–H and O–H groups in total. The van der Waals surface area contributed by atoms with E-state index in [1.54, 1.807) is 0 Å². The minimum atomic E-state index is 1.000. The van der Waals surface area contributed by atoms with Crippen LogP contribution < -0.4 is 4.90 Å². The van der Waals surface area contributed by atoms with Gasteiger partial charge in [-0.2, -0.15) is 0 Å². The molecule has 3 heteroatoms. The highest BCUT2D eigenvalue weighted by Gasteiger charge is 2.31. The predicted molar refractivity (Wildman–Crippen MR) is 267 cm³/mol. The predicted octanol–water partition coefficient (Wildman–Crippen LogP) is 16.5. The molecule has 3 nitrogen and oxygen atoms in total. The van der Waals surface area contributed by atoms with Crippen molar-refractivity contribution in [3.63, 3.8) is 0 Å². The molecule has 9 aromatic carbocycles. The fourth-order valence-electron chi connectivity index (χ4n) is 9.62. The van der Waals surface area contributed by atoms with Crippen LogP contribution in [0.4, 0.5) is 17.1 Å². The zero-order chi connectivity index (χ0) is 42.4. The Hall–Kier alpha value is -8.53. The Kier molecular flexibility index (Phi) is 9.16. The topological polar surface area (TPSA) is 21.1 Å². The van der Waals surface area contributed by atoms with Gasteiger partial charge in [0.2, 0.25) is 0 Å². The molecule has 1 aliphatic rings. The van der Waals surface area contributed by atoms with Gasteiger partial charge in [-0.15, -0.1) is 0 Å². The summed E-state index contributed by atoms with van der Waals surface area (Å²) in [7, 11) is 0. The van der Waals surface area contributed by atoms with Crippen molar-refractivity contribution in [2.24, 2.45) is 0 Å². The van der Waals surface area contributed by atoms with Gasteiger partial charge in [0.25, 0.3) is 0 Å². The third-order valence-electron chi connectivity index (χ3n) is 12.5. The van der Waals surface area contributed by atoms with Crippen LogP contribution in [0.5, 0.6) is 0 Å². The fraction of sp³-hybridized carbons (Fsp3) is 0. The van der Waals surface area contributed by atoms with Crippen molar-refractivity contribution in [3.8, 4) is 83.7 Å². The van der Waals surface area contributed by atoms with Crippen molar-refractivity contribution in [3.05, 3.63) is 249 Å². The first-order valence-corrected chi connectivity index (χ1v) is 21.9. The van der Waals surface area contributed by atoms with E-state index in [0.717, 1.165) is 50.7 Å². The third-order valence-corrected chi connectivity index (χ3v) is 12.5. The monoisotopic (exact) mass is 815 g/mol. The normalized spacial score (nSPS) is 11.7. The number of rotatable bonds is 7. The van der Waals surface area contributed by atoms with E-state index in [1.807, 2.05) is 12.4 Å². The van der Waals surface area contributed by atoms with E-state index in [0.29, 0.717) is 0 Å². The quantitative estimate of drug-likeness (QED) is 0.160. The molecule has 0 unspecified atom stereocenters. The lowest BCUT2D eigenvalue weighted by Gasteiger charge is -2.28. The number of hydrogen-bond acceptors (Lipinski definition) is 2. The first-order valence-electron chi connectivity index (χ1n) is 21.9. The first-order chi connectivity index (χ1) is 31.7. The Morgan fingerprint density at radius 1 is 0.297 bits per heavy atom. The van der Waals surface area contributed by atoms with Crippen LogP contribution in [-0.2, 0) is 0 Å². The van der Waals surface area contributed by atoms with Crippen LogP contribution in [0.15, 0.2) is 249 Å². The molecule has 0 saturated heterocycles. The molecule has 11 aromatic rings. The maximum absolute atomic E-state index is 5.01. The second-order valence-electron chi connectivity index (χ2n) is 16.4. The summed E-state index contributed by atoms with van der Waals surface area (Å²) in [5, 5.41) is 1.19. The molecule has 0 atom stereocenters. The van der Waals surface area contributed by atoms with E-state index in [1.165, 1.54) is 61.0 Å². The van der Waals surface area contributed by atoms with Gasteiger partial charge in [-0.05, 0) is 111 Å². The number of anilines is 3. The van der Waals surface area contributed by atoms with Crippen LogP contribution in [0, 0.1) is 0 Å². The molecular formula is C61H41N3. The van der Waals surface area contributed by atoms with Gasteiger partial charge in [-0.3, -0.25) is 4.98 Å². The summed E-state index contributed by atoms with van der Waals surface area (Å²) in [6, 6.07) is 85.6. The number of fused-ring (bicyclic) bond motifs is 7. The molecule has 0 aliphatic carbocycles. The molecule has 12 rings (SSSR count). The van der Waals surface area contributed by atoms with E-state index in [2.05, 4.69) is 246 Å². The third kappa shape index (κ3) is 6.50. The molecule has 0 spiro atoms.